The van der Waals surface area contributed by atoms with Crippen LogP contribution in [0.2, 0.25) is 0 Å². The van der Waals surface area contributed by atoms with Crippen LogP contribution in [0.5, 0.6) is 11.5 Å². The van der Waals surface area contributed by atoms with Crippen molar-refractivity contribution in [2.45, 2.75) is 25.2 Å². The predicted octanol–water partition coefficient (Wildman–Crippen LogP) is 7.01. The number of aliphatic imine (C=N–C) groups is 1. The van der Waals surface area contributed by atoms with Crippen LogP contribution in [0.3, 0.4) is 0 Å². The molecule has 37 heavy (non-hydrogen) atoms. The van der Waals surface area contributed by atoms with E-state index in [1.54, 1.807) is 0 Å². The SMILES string of the molecule is O=C1C(=Nc2ccc(OC(F)(F)F)cc2)CC(c2cc(F)cc(F)c2)N1c1ccc(OC(F)(F)F)cc1. The molecule has 1 atom stereocenters. The molecule has 1 unspecified atom stereocenters. The number of hydrogen-bond donors (Lipinski definition) is 0. The quantitative estimate of drug-likeness (QED) is 0.334. The molecule has 0 spiro atoms. The molecule has 1 amide bonds. The van der Waals surface area contributed by atoms with E-state index < -0.39 is 47.8 Å². The Kier molecular flexibility index (Phi) is 6.80. The minimum Gasteiger partial charge on any atom is -0.406 e. The molecule has 0 bridgehead atoms. The number of ether oxygens (including phenoxy) is 2. The maximum Gasteiger partial charge on any atom is 0.573 e. The number of nitrogens with zero attached hydrogens (tertiary/aromatic N) is 2. The van der Waals surface area contributed by atoms with E-state index in [9.17, 15) is 39.9 Å². The standard InChI is InChI=1S/C24H14F8N2O3/c25-14-9-13(10-15(26)11-14)21-12-20(33-16-1-5-18(6-2-16)36-23(27,28)29)22(35)34(21)17-3-7-19(8-4-17)37-24(30,31)32/h1-11,21H,12H2. The van der Waals surface area contributed by atoms with Gasteiger partial charge in [0.15, 0.2) is 0 Å². The minimum absolute atomic E-state index is 0.0561. The first-order chi connectivity index (χ1) is 17.3. The third-order valence-corrected chi connectivity index (χ3v) is 5.12. The van der Waals surface area contributed by atoms with E-state index in [1.807, 2.05) is 0 Å². The molecule has 1 fully saturated rings. The van der Waals surface area contributed by atoms with Gasteiger partial charge in [-0.1, -0.05) is 0 Å². The molecular formula is C24H14F8N2O3. The fourth-order valence-corrected chi connectivity index (χ4v) is 3.75. The fraction of sp³-hybridized carbons (Fsp3) is 0.167. The summed E-state index contributed by atoms with van der Waals surface area (Å²) in [4.78, 5) is 18.5. The average Bonchev–Trinajstić information content (AvgIpc) is 3.09. The zero-order valence-corrected chi connectivity index (χ0v) is 18.3. The second kappa shape index (κ2) is 9.71. The zero-order chi connectivity index (χ0) is 27.0. The van der Waals surface area contributed by atoms with E-state index in [0.717, 1.165) is 53.4 Å². The van der Waals surface area contributed by atoms with Gasteiger partial charge in [0.2, 0.25) is 0 Å². The number of amides is 1. The van der Waals surface area contributed by atoms with Crippen molar-refractivity contribution in [3.63, 3.8) is 0 Å². The minimum atomic E-state index is -4.94. The Labute approximate surface area is 203 Å². The molecule has 0 saturated carbocycles. The summed E-state index contributed by atoms with van der Waals surface area (Å²) < 4.78 is 110. The molecule has 0 aliphatic carbocycles. The second-order valence-corrected chi connectivity index (χ2v) is 7.74. The topological polar surface area (TPSA) is 51.1 Å². The maximum absolute atomic E-state index is 13.9. The van der Waals surface area contributed by atoms with Crippen LogP contribution < -0.4 is 14.4 Å². The number of benzene rings is 3. The summed E-state index contributed by atoms with van der Waals surface area (Å²) in [5.74, 6) is -3.62. The maximum atomic E-state index is 13.9. The van der Waals surface area contributed by atoms with Crippen molar-refractivity contribution >= 4 is 23.0 Å². The van der Waals surface area contributed by atoms with Crippen molar-refractivity contribution in [2.75, 3.05) is 4.90 Å². The first-order valence-electron chi connectivity index (χ1n) is 10.4. The number of anilines is 1. The molecule has 5 nitrogen and oxygen atoms in total. The summed E-state index contributed by atoms with van der Waals surface area (Å²) in [5.41, 5.74) is 0.140. The highest BCUT2D eigenvalue weighted by Gasteiger charge is 2.39. The van der Waals surface area contributed by atoms with Gasteiger partial charge in [0, 0.05) is 18.2 Å². The van der Waals surface area contributed by atoms with Crippen LogP contribution in [0.4, 0.5) is 46.5 Å². The Morgan fingerprint density at radius 2 is 1.24 bits per heavy atom. The van der Waals surface area contributed by atoms with Crippen LogP contribution in [-0.2, 0) is 4.79 Å². The van der Waals surface area contributed by atoms with Gasteiger partial charge in [0.05, 0.1) is 11.7 Å². The highest BCUT2D eigenvalue weighted by Crippen LogP contribution is 2.38. The largest absolute Gasteiger partial charge is 0.573 e. The number of halogens is 8. The van der Waals surface area contributed by atoms with Crippen LogP contribution in [0.1, 0.15) is 18.0 Å². The van der Waals surface area contributed by atoms with Crippen LogP contribution in [0, 0.1) is 11.6 Å². The summed E-state index contributed by atoms with van der Waals surface area (Å²) in [7, 11) is 0. The molecule has 3 aromatic rings. The van der Waals surface area contributed by atoms with Crippen LogP contribution in [0.25, 0.3) is 0 Å². The third kappa shape index (κ3) is 6.54. The van der Waals surface area contributed by atoms with Gasteiger partial charge in [0.1, 0.15) is 28.8 Å². The van der Waals surface area contributed by atoms with E-state index in [1.165, 1.54) is 12.1 Å². The summed E-state index contributed by atoms with van der Waals surface area (Å²) in [6, 6.07) is 10.2. The number of rotatable bonds is 5. The van der Waals surface area contributed by atoms with Gasteiger partial charge in [-0.25, -0.2) is 13.8 Å². The summed E-state index contributed by atoms with van der Waals surface area (Å²) in [6.45, 7) is 0. The van der Waals surface area contributed by atoms with Crippen molar-refractivity contribution in [1.29, 1.82) is 0 Å². The second-order valence-electron chi connectivity index (χ2n) is 7.74. The van der Waals surface area contributed by atoms with Crippen LogP contribution in [0.15, 0.2) is 71.7 Å². The smallest absolute Gasteiger partial charge is 0.406 e. The molecule has 1 heterocycles. The molecule has 0 aromatic heterocycles. The van der Waals surface area contributed by atoms with Crippen LogP contribution >= 0.6 is 0 Å². The van der Waals surface area contributed by atoms with E-state index in [0.29, 0.717) is 6.07 Å². The third-order valence-electron chi connectivity index (χ3n) is 5.12. The lowest BCUT2D eigenvalue weighted by Crippen LogP contribution is -2.29. The van der Waals surface area contributed by atoms with E-state index in [2.05, 4.69) is 14.5 Å². The zero-order valence-electron chi connectivity index (χ0n) is 18.3. The molecule has 13 heteroatoms. The van der Waals surface area contributed by atoms with Crippen molar-refractivity contribution in [3.05, 3.63) is 83.9 Å². The Bertz CT molecular complexity index is 1300. The van der Waals surface area contributed by atoms with Gasteiger partial charge in [-0.2, -0.15) is 0 Å². The van der Waals surface area contributed by atoms with Gasteiger partial charge in [0.25, 0.3) is 5.91 Å². The lowest BCUT2D eigenvalue weighted by atomic mass is 10.0. The molecule has 1 aliphatic heterocycles. The lowest BCUT2D eigenvalue weighted by Gasteiger charge is -2.25. The first-order valence-corrected chi connectivity index (χ1v) is 10.4. The number of carbonyl (C=O) groups excluding carboxylic acids is 1. The summed E-state index contributed by atoms with van der Waals surface area (Å²) >= 11 is 0. The molecule has 194 valence electrons. The Morgan fingerprint density at radius 1 is 0.757 bits per heavy atom. The summed E-state index contributed by atoms with van der Waals surface area (Å²) in [6.07, 6.45) is -10.0. The van der Waals surface area contributed by atoms with E-state index in [4.69, 9.17) is 0 Å². The predicted molar refractivity (Wildman–Crippen MR) is 115 cm³/mol. The van der Waals surface area contributed by atoms with Gasteiger partial charge in [-0.05, 0) is 66.2 Å². The van der Waals surface area contributed by atoms with Crippen molar-refractivity contribution in [2.24, 2.45) is 4.99 Å². The fourth-order valence-electron chi connectivity index (χ4n) is 3.75. The van der Waals surface area contributed by atoms with Gasteiger partial charge in [-0.3, -0.25) is 9.69 Å². The normalized spacial score (nSPS) is 17.4. The Morgan fingerprint density at radius 3 is 1.73 bits per heavy atom. The first kappa shape index (κ1) is 25.9. The van der Waals surface area contributed by atoms with E-state index >= 15 is 0 Å². The van der Waals surface area contributed by atoms with Gasteiger partial charge >= 0.3 is 12.7 Å². The van der Waals surface area contributed by atoms with Crippen molar-refractivity contribution in [1.82, 2.24) is 0 Å². The van der Waals surface area contributed by atoms with Gasteiger partial charge < -0.3 is 9.47 Å². The monoisotopic (exact) mass is 530 g/mol. The Hall–Kier alpha value is -4.16. The average molecular weight is 530 g/mol. The number of hydrogen-bond acceptors (Lipinski definition) is 4. The number of carbonyl (C=O) groups is 1. The lowest BCUT2D eigenvalue weighted by molar-refractivity contribution is -0.275. The molecule has 3 aromatic carbocycles. The van der Waals surface area contributed by atoms with Crippen LogP contribution in [-0.4, -0.2) is 24.3 Å². The highest BCUT2D eigenvalue weighted by atomic mass is 19.4. The van der Waals surface area contributed by atoms with Crippen molar-refractivity contribution < 1.29 is 49.4 Å². The molecule has 4 rings (SSSR count). The molecular weight excluding hydrogens is 516 g/mol. The van der Waals surface area contributed by atoms with E-state index in [-0.39, 0.29) is 29.1 Å². The molecule has 1 saturated heterocycles. The van der Waals surface area contributed by atoms with Gasteiger partial charge in [-0.15, -0.1) is 26.3 Å². The molecule has 1 aliphatic rings. The highest BCUT2D eigenvalue weighted by molar-refractivity contribution is 6.46. The Balaban J connectivity index is 1.68. The van der Waals surface area contributed by atoms with Crippen molar-refractivity contribution in [3.8, 4) is 11.5 Å². The number of alkyl halides is 6. The molecule has 0 radical (unpaired) electrons. The molecule has 0 N–H and O–H groups in total. The summed E-state index contributed by atoms with van der Waals surface area (Å²) in [5, 5.41) is 0.